The molecule has 4 nitrogen and oxygen atoms in total. The standard InChI is InChI=1S/3C4H9O.O.V/c3*1-3-4(2)5;;/h3*4H,3H2,1-2H3;;/q3*-1;-2;. The molecule has 17 heavy (non-hydrogen) atoms. The van der Waals surface area contributed by atoms with Crippen LogP contribution in [-0.2, 0) is 24.0 Å². The van der Waals surface area contributed by atoms with Crippen LogP contribution in [0.1, 0.15) is 60.8 Å². The first-order chi connectivity index (χ1) is 6.81. The smallest absolute Gasteiger partial charge is 0 e. The van der Waals surface area contributed by atoms with Crippen molar-refractivity contribution >= 4 is 0 Å². The molecule has 0 aliphatic rings. The van der Waals surface area contributed by atoms with Crippen molar-refractivity contribution in [3.63, 3.8) is 0 Å². The van der Waals surface area contributed by atoms with E-state index < -0.39 is 0 Å². The second kappa shape index (κ2) is 25.3. The van der Waals surface area contributed by atoms with Crippen LogP contribution in [0.15, 0.2) is 0 Å². The van der Waals surface area contributed by atoms with Crippen molar-refractivity contribution in [1.82, 2.24) is 0 Å². The molecule has 0 spiro atoms. The Hall–Kier alpha value is 0.424. The molecule has 0 amide bonds. The monoisotopic (exact) mass is 286 g/mol. The topological polar surface area (TPSA) is 97.7 Å². The van der Waals surface area contributed by atoms with Crippen LogP contribution < -0.4 is 15.3 Å². The molecule has 0 aromatic carbocycles. The van der Waals surface area contributed by atoms with Crippen LogP contribution in [-0.4, -0.2) is 18.3 Å². The zero-order valence-corrected chi connectivity index (χ0v) is 13.3. The van der Waals surface area contributed by atoms with E-state index >= 15 is 0 Å². The molecule has 0 aliphatic heterocycles. The summed E-state index contributed by atoms with van der Waals surface area (Å²) in [6, 6.07) is 0. The Labute approximate surface area is 119 Å². The molecule has 5 heteroatoms. The van der Waals surface area contributed by atoms with Crippen LogP contribution in [0.3, 0.4) is 0 Å². The number of hydrogen-bond acceptors (Lipinski definition) is 3. The van der Waals surface area contributed by atoms with Gasteiger partial charge in [0.1, 0.15) is 0 Å². The molecule has 3 unspecified atom stereocenters. The summed E-state index contributed by atoms with van der Waals surface area (Å²) in [5, 5.41) is 29.7. The van der Waals surface area contributed by atoms with Crippen LogP contribution in [0.2, 0.25) is 0 Å². The van der Waals surface area contributed by atoms with Gasteiger partial charge in [-0.15, -0.1) is 18.3 Å². The Morgan fingerprint density at radius 1 is 0.647 bits per heavy atom. The molecule has 0 rings (SSSR count). The summed E-state index contributed by atoms with van der Waals surface area (Å²) in [6.07, 6.45) is 1.15. The maximum absolute atomic E-state index is 9.90. The average Bonchev–Trinajstić information content (AvgIpc) is 2.19. The fourth-order valence-corrected chi connectivity index (χ4v) is 0. The molecular formula is C12H27O4V-5. The minimum atomic E-state index is -0.366. The molecule has 109 valence electrons. The summed E-state index contributed by atoms with van der Waals surface area (Å²) in [5.41, 5.74) is 0. The van der Waals surface area contributed by atoms with Crippen molar-refractivity contribution in [2.45, 2.75) is 79.1 Å². The van der Waals surface area contributed by atoms with E-state index in [1.165, 1.54) is 0 Å². The third-order valence-corrected chi connectivity index (χ3v) is 1.72. The third kappa shape index (κ3) is 82.8. The van der Waals surface area contributed by atoms with Gasteiger partial charge in [-0.3, -0.25) is 0 Å². The predicted octanol–water partition coefficient (Wildman–Crippen LogP) is 0.314. The third-order valence-electron chi connectivity index (χ3n) is 1.72. The van der Waals surface area contributed by atoms with Crippen molar-refractivity contribution in [2.24, 2.45) is 0 Å². The van der Waals surface area contributed by atoms with Crippen LogP contribution in [0.4, 0.5) is 0 Å². The van der Waals surface area contributed by atoms with E-state index in [1.807, 2.05) is 20.8 Å². The second-order valence-electron chi connectivity index (χ2n) is 3.66. The van der Waals surface area contributed by atoms with Gasteiger partial charge in [0.25, 0.3) is 0 Å². The van der Waals surface area contributed by atoms with Crippen molar-refractivity contribution in [1.29, 1.82) is 0 Å². The summed E-state index contributed by atoms with van der Waals surface area (Å²) in [6.45, 7) is 10.7. The maximum atomic E-state index is 9.90. The Morgan fingerprint density at radius 3 is 0.706 bits per heavy atom. The van der Waals surface area contributed by atoms with Crippen LogP contribution in [0, 0.1) is 0 Å². The van der Waals surface area contributed by atoms with Gasteiger partial charge < -0.3 is 20.8 Å². The first-order valence-corrected chi connectivity index (χ1v) is 5.79. The van der Waals surface area contributed by atoms with Gasteiger partial charge in [-0.05, 0) is 0 Å². The van der Waals surface area contributed by atoms with E-state index in [4.69, 9.17) is 0 Å². The Bertz CT molecular complexity index is 79.5. The number of rotatable bonds is 3. The van der Waals surface area contributed by atoms with E-state index in [9.17, 15) is 15.3 Å². The summed E-state index contributed by atoms with van der Waals surface area (Å²) in [7, 11) is 0. The maximum Gasteiger partial charge on any atom is 0 e. The van der Waals surface area contributed by atoms with Gasteiger partial charge >= 0.3 is 0 Å². The SMILES string of the molecule is CCC(C)[O-].CCC(C)[O-].CCC(C)[O-].[O-2].[V]. The van der Waals surface area contributed by atoms with E-state index in [0.29, 0.717) is 0 Å². The minimum absolute atomic E-state index is 0. The van der Waals surface area contributed by atoms with Crippen LogP contribution in [0.25, 0.3) is 0 Å². The van der Waals surface area contributed by atoms with Gasteiger partial charge in [-0.1, -0.05) is 60.8 Å². The second-order valence-corrected chi connectivity index (χ2v) is 3.66. The quantitative estimate of drug-likeness (QED) is 0.746. The van der Waals surface area contributed by atoms with Crippen molar-refractivity contribution in [3.05, 3.63) is 0 Å². The number of hydrogen-bond donors (Lipinski definition) is 0. The summed E-state index contributed by atoms with van der Waals surface area (Å²) < 4.78 is 0. The van der Waals surface area contributed by atoms with E-state index in [2.05, 4.69) is 0 Å². The Kier molecular flexibility index (Phi) is 45.3. The van der Waals surface area contributed by atoms with E-state index in [0.717, 1.165) is 19.3 Å². The molecule has 1 radical (unpaired) electrons. The zero-order valence-electron chi connectivity index (χ0n) is 11.9. The summed E-state index contributed by atoms with van der Waals surface area (Å²) >= 11 is 0. The summed E-state index contributed by atoms with van der Waals surface area (Å²) in [5.74, 6) is 0. The van der Waals surface area contributed by atoms with E-state index in [1.54, 1.807) is 20.8 Å². The molecule has 0 bridgehead atoms. The molecule has 0 aromatic heterocycles. The zero-order chi connectivity index (χ0) is 12.9. The molecular weight excluding hydrogens is 259 g/mol. The summed E-state index contributed by atoms with van der Waals surface area (Å²) in [4.78, 5) is 0. The largest absolute Gasteiger partial charge is 2.00 e. The molecule has 0 saturated heterocycles. The van der Waals surface area contributed by atoms with E-state index in [-0.39, 0.29) is 42.3 Å². The van der Waals surface area contributed by atoms with Crippen molar-refractivity contribution in [2.75, 3.05) is 0 Å². The first kappa shape index (κ1) is 30.4. The van der Waals surface area contributed by atoms with Gasteiger partial charge in [0, 0.05) is 18.6 Å². The van der Waals surface area contributed by atoms with Crippen LogP contribution in [0.5, 0.6) is 0 Å². The van der Waals surface area contributed by atoms with Gasteiger partial charge in [0.2, 0.25) is 0 Å². The first-order valence-electron chi connectivity index (χ1n) is 5.79. The molecule has 0 fully saturated rings. The van der Waals surface area contributed by atoms with Gasteiger partial charge in [0.15, 0.2) is 0 Å². The fourth-order valence-electron chi connectivity index (χ4n) is 0. The predicted molar refractivity (Wildman–Crippen MR) is 59.9 cm³/mol. The Morgan fingerprint density at radius 2 is 0.706 bits per heavy atom. The normalized spacial score (nSPS) is 13.2. The minimum Gasteiger partial charge on any atom is -2.00 e. The van der Waals surface area contributed by atoms with Gasteiger partial charge in [-0.2, -0.15) is 0 Å². The molecule has 3 atom stereocenters. The van der Waals surface area contributed by atoms with Gasteiger partial charge in [0.05, 0.1) is 0 Å². The fraction of sp³-hybridized carbons (Fsp3) is 1.00. The molecule has 0 aliphatic carbocycles. The molecule has 0 saturated carbocycles. The van der Waals surface area contributed by atoms with Gasteiger partial charge in [-0.25, -0.2) is 0 Å². The van der Waals surface area contributed by atoms with Crippen molar-refractivity contribution < 1.29 is 39.4 Å². The molecule has 0 N–H and O–H groups in total. The molecule has 0 aromatic rings. The van der Waals surface area contributed by atoms with Crippen molar-refractivity contribution in [3.8, 4) is 0 Å². The Balaban J connectivity index is -0.0000000400. The van der Waals surface area contributed by atoms with Crippen LogP contribution >= 0.6 is 0 Å². The molecule has 0 heterocycles. The average molecular weight is 286 g/mol.